The number of nitrogens with one attached hydrogen (secondary N) is 1. The molecule has 0 saturated heterocycles. The van der Waals surface area contributed by atoms with Gasteiger partial charge in [-0.3, -0.25) is 4.79 Å². The van der Waals surface area contributed by atoms with Gasteiger partial charge in [-0.05, 0) is 30.0 Å². The Labute approximate surface area is 204 Å². The van der Waals surface area contributed by atoms with Crippen molar-refractivity contribution in [2.75, 3.05) is 25.4 Å². The minimum atomic E-state index is -0.484. The van der Waals surface area contributed by atoms with Gasteiger partial charge in [-0.25, -0.2) is 4.68 Å². The minimum absolute atomic E-state index is 0.0731. The van der Waals surface area contributed by atoms with Gasteiger partial charge in [-0.2, -0.15) is 0 Å². The molecule has 1 amide bonds. The number of carbonyl (C=O) groups excluding carboxylic acids is 1. The highest BCUT2D eigenvalue weighted by molar-refractivity contribution is 8.00. The first-order valence-corrected chi connectivity index (χ1v) is 11.6. The van der Waals surface area contributed by atoms with Gasteiger partial charge >= 0.3 is 0 Å². The number of anilines is 1. The van der Waals surface area contributed by atoms with Crippen LogP contribution < -0.4 is 25.4 Å². The Kier molecular flexibility index (Phi) is 7.93. The Hall–Kier alpha value is -3.40. The summed E-state index contributed by atoms with van der Waals surface area (Å²) < 4.78 is 17.6. The van der Waals surface area contributed by atoms with Gasteiger partial charge in [0.2, 0.25) is 11.1 Å². The number of hydrogen-bond donors (Lipinski definition) is 2. The number of nitrogens with two attached hydrogens (primary N) is 1. The number of hydrogen-bond acceptors (Lipinski definition) is 8. The van der Waals surface area contributed by atoms with Crippen LogP contribution >= 0.6 is 11.8 Å². The molecule has 1 heterocycles. The van der Waals surface area contributed by atoms with E-state index in [1.165, 1.54) is 22.0 Å². The molecule has 9 nitrogen and oxygen atoms in total. The highest BCUT2D eigenvalue weighted by atomic mass is 32.2. The second-order valence-electron chi connectivity index (χ2n) is 8.68. The average Bonchev–Trinajstić information content (AvgIpc) is 3.15. The van der Waals surface area contributed by atoms with E-state index in [1.54, 1.807) is 39.3 Å². The molecule has 3 N–H and O–H groups in total. The normalized spacial score (nSPS) is 12.2. The summed E-state index contributed by atoms with van der Waals surface area (Å²) in [6, 6.07) is 13.1. The molecular formula is C24H31N5O4S. The highest BCUT2D eigenvalue weighted by Gasteiger charge is 2.20. The lowest BCUT2D eigenvalue weighted by molar-refractivity contribution is -0.115. The number of nitrogens with zero attached hydrogens (tertiary/aromatic N) is 3. The van der Waals surface area contributed by atoms with Gasteiger partial charge in [-0.15, -0.1) is 10.2 Å². The zero-order valence-corrected chi connectivity index (χ0v) is 21.1. The fourth-order valence-corrected chi connectivity index (χ4v) is 3.81. The average molecular weight is 486 g/mol. The third kappa shape index (κ3) is 6.34. The van der Waals surface area contributed by atoms with Gasteiger partial charge in [-0.1, -0.05) is 44.7 Å². The summed E-state index contributed by atoms with van der Waals surface area (Å²) in [7, 11) is 3.10. The Morgan fingerprint density at radius 1 is 1.06 bits per heavy atom. The molecule has 2 aromatic carbocycles. The molecule has 182 valence electrons. The number of carbonyl (C=O) groups is 1. The molecule has 0 radical (unpaired) electrons. The smallest absolute Gasteiger partial charge is 0.237 e. The molecular weight excluding hydrogens is 454 g/mol. The lowest BCUT2D eigenvalue weighted by atomic mass is 9.87. The summed E-state index contributed by atoms with van der Waals surface area (Å²) >= 11 is 1.20. The summed E-state index contributed by atoms with van der Waals surface area (Å²) in [6.07, 6.45) is 0. The van der Waals surface area contributed by atoms with Crippen LogP contribution in [0, 0.1) is 0 Å². The van der Waals surface area contributed by atoms with Crippen LogP contribution in [-0.4, -0.2) is 40.3 Å². The van der Waals surface area contributed by atoms with E-state index >= 15 is 0 Å². The second kappa shape index (κ2) is 10.7. The predicted molar refractivity (Wildman–Crippen MR) is 133 cm³/mol. The molecule has 0 spiro atoms. The van der Waals surface area contributed by atoms with E-state index in [1.807, 2.05) is 24.3 Å². The Morgan fingerprint density at radius 3 is 2.24 bits per heavy atom. The van der Waals surface area contributed by atoms with Crippen LogP contribution in [0.2, 0.25) is 0 Å². The first kappa shape index (κ1) is 25.2. The topological polar surface area (TPSA) is 114 Å². The van der Waals surface area contributed by atoms with Crippen molar-refractivity contribution in [1.29, 1.82) is 0 Å². The van der Waals surface area contributed by atoms with Gasteiger partial charge < -0.3 is 25.4 Å². The van der Waals surface area contributed by atoms with Crippen LogP contribution in [-0.2, 0) is 16.8 Å². The van der Waals surface area contributed by atoms with Gasteiger partial charge in [0.25, 0.3) is 0 Å². The molecule has 0 fully saturated rings. The van der Waals surface area contributed by atoms with Crippen molar-refractivity contribution in [3.8, 4) is 17.2 Å². The highest BCUT2D eigenvalue weighted by Crippen LogP contribution is 2.28. The van der Waals surface area contributed by atoms with E-state index in [2.05, 4.69) is 36.3 Å². The van der Waals surface area contributed by atoms with Gasteiger partial charge in [0, 0.05) is 23.9 Å². The van der Waals surface area contributed by atoms with E-state index in [-0.39, 0.29) is 17.9 Å². The molecule has 3 aromatic rings. The van der Waals surface area contributed by atoms with Crippen LogP contribution in [0.4, 0.5) is 5.69 Å². The SMILES string of the molecule is COc1cc(NC(=O)C(C)Sc2nnc(COc3ccc(C(C)(C)C)cc3)n2N)cc(OC)c1. The molecule has 10 heteroatoms. The van der Waals surface area contributed by atoms with E-state index in [4.69, 9.17) is 20.1 Å². The molecule has 0 aliphatic heterocycles. The number of aromatic nitrogens is 3. The molecule has 3 rings (SSSR count). The number of thioether (sulfide) groups is 1. The summed E-state index contributed by atoms with van der Waals surface area (Å²) in [5.74, 6) is 8.25. The van der Waals surface area contributed by atoms with Gasteiger partial charge in [0.15, 0.2) is 5.82 Å². The van der Waals surface area contributed by atoms with Crippen LogP contribution in [0.5, 0.6) is 17.2 Å². The number of benzene rings is 2. The second-order valence-corrected chi connectivity index (χ2v) is 9.99. The zero-order valence-electron chi connectivity index (χ0n) is 20.3. The fraction of sp³-hybridized carbons (Fsp3) is 0.375. The van der Waals surface area contributed by atoms with Gasteiger partial charge in [0.1, 0.15) is 23.9 Å². The van der Waals surface area contributed by atoms with Crippen molar-refractivity contribution in [2.24, 2.45) is 0 Å². The maximum Gasteiger partial charge on any atom is 0.237 e. The monoisotopic (exact) mass is 485 g/mol. The molecule has 0 bridgehead atoms. The maximum atomic E-state index is 12.7. The van der Waals surface area contributed by atoms with Crippen molar-refractivity contribution >= 4 is 23.4 Å². The Balaban J connectivity index is 1.59. The third-order valence-electron chi connectivity index (χ3n) is 5.09. The number of rotatable bonds is 9. The molecule has 0 aliphatic rings. The quantitative estimate of drug-likeness (QED) is 0.345. The third-order valence-corrected chi connectivity index (χ3v) is 6.15. The first-order valence-electron chi connectivity index (χ1n) is 10.7. The Bertz CT molecular complexity index is 1100. The van der Waals surface area contributed by atoms with Crippen LogP contribution in [0.15, 0.2) is 47.6 Å². The summed E-state index contributed by atoms with van der Waals surface area (Å²) in [6.45, 7) is 8.40. The van der Waals surface area contributed by atoms with Crippen LogP contribution in [0.3, 0.4) is 0 Å². The summed E-state index contributed by atoms with van der Waals surface area (Å²) in [4.78, 5) is 12.7. The van der Waals surface area contributed by atoms with Crippen molar-refractivity contribution in [1.82, 2.24) is 14.9 Å². The molecule has 34 heavy (non-hydrogen) atoms. The molecule has 1 atom stereocenters. The standard InChI is InChI=1S/C24H31N5O4S/c1-15(22(30)26-17-11-19(31-5)13-20(12-17)32-6)34-23-28-27-21(29(23)25)14-33-18-9-7-16(8-10-18)24(2,3)4/h7-13,15H,14,25H2,1-6H3,(H,26,30). The summed E-state index contributed by atoms with van der Waals surface area (Å²) in [5.41, 5.74) is 1.86. The summed E-state index contributed by atoms with van der Waals surface area (Å²) in [5, 5.41) is 11.0. The minimum Gasteiger partial charge on any atom is -0.497 e. The van der Waals surface area contributed by atoms with E-state index in [0.29, 0.717) is 33.9 Å². The Morgan fingerprint density at radius 2 is 1.68 bits per heavy atom. The van der Waals surface area contributed by atoms with Crippen molar-refractivity contribution in [2.45, 2.75) is 50.1 Å². The zero-order chi connectivity index (χ0) is 24.9. The lowest BCUT2D eigenvalue weighted by Crippen LogP contribution is -2.24. The molecule has 1 aromatic heterocycles. The van der Waals surface area contributed by atoms with Crippen molar-refractivity contribution in [3.63, 3.8) is 0 Å². The van der Waals surface area contributed by atoms with E-state index in [9.17, 15) is 4.79 Å². The molecule has 1 unspecified atom stereocenters. The van der Waals surface area contributed by atoms with Crippen molar-refractivity contribution in [3.05, 3.63) is 53.9 Å². The maximum absolute atomic E-state index is 12.7. The number of ether oxygens (including phenoxy) is 3. The fourth-order valence-electron chi connectivity index (χ4n) is 3.02. The molecule has 0 saturated carbocycles. The predicted octanol–water partition coefficient (Wildman–Crippen LogP) is 4.00. The number of methoxy groups -OCH3 is 2. The largest absolute Gasteiger partial charge is 0.497 e. The van der Waals surface area contributed by atoms with Crippen LogP contribution in [0.1, 0.15) is 39.1 Å². The van der Waals surface area contributed by atoms with Crippen LogP contribution in [0.25, 0.3) is 0 Å². The number of nitrogen functional groups attached to an aromatic ring is 1. The molecule has 0 aliphatic carbocycles. The van der Waals surface area contributed by atoms with E-state index in [0.717, 1.165) is 0 Å². The number of amides is 1. The van der Waals surface area contributed by atoms with Crippen molar-refractivity contribution < 1.29 is 19.0 Å². The lowest BCUT2D eigenvalue weighted by Gasteiger charge is -2.19. The van der Waals surface area contributed by atoms with E-state index < -0.39 is 5.25 Å². The van der Waals surface area contributed by atoms with Gasteiger partial charge in [0.05, 0.1) is 19.5 Å². The first-order chi connectivity index (χ1) is 16.1.